The topological polar surface area (TPSA) is 92.9 Å². The van der Waals surface area contributed by atoms with E-state index >= 15 is 0 Å². The van der Waals surface area contributed by atoms with Crippen molar-refractivity contribution in [1.29, 1.82) is 0 Å². The fraction of sp³-hybridized carbons (Fsp3) is 0.852. The first-order chi connectivity index (χ1) is 16.7. The van der Waals surface area contributed by atoms with Crippen LogP contribution in [-0.4, -0.2) is 106 Å². The summed E-state index contributed by atoms with van der Waals surface area (Å²) in [5.74, 6) is -0.339. The number of nitrogens with one attached hydrogen (secondary N) is 1. The molecule has 0 aromatic rings. The number of amides is 2. The zero-order chi connectivity index (χ0) is 27.3. The highest BCUT2D eigenvalue weighted by atomic mass is 16.6. The largest absolute Gasteiger partial charge is 0.443 e. The highest BCUT2D eigenvalue weighted by molar-refractivity contribution is 5.85. The van der Waals surface area contributed by atoms with Crippen LogP contribution >= 0.6 is 0 Å². The van der Waals surface area contributed by atoms with Gasteiger partial charge in [0.05, 0.1) is 24.4 Å². The Morgan fingerprint density at radius 2 is 1.83 bits per heavy atom. The van der Waals surface area contributed by atoms with Crippen LogP contribution in [0.1, 0.15) is 54.4 Å². The predicted octanol–water partition coefficient (Wildman–Crippen LogP) is 3.08. The van der Waals surface area contributed by atoms with Crippen LogP contribution in [0.2, 0.25) is 0 Å². The molecule has 1 spiro atoms. The van der Waals surface area contributed by atoms with E-state index in [4.69, 9.17) is 18.9 Å². The van der Waals surface area contributed by atoms with Crippen molar-refractivity contribution >= 4 is 12.0 Å². The lowest BCUT2D eigenvalue weighted by molar-refractivity contribution is -0.172. The second-order valence-electron chi connectivity index (χ2n) is 11.6. The number of hydrogen-bond donors (Lipinski definition) is 1. The molecule has 2 rings (SSSR count). The normalized spacial score (nSPS) is 26.6. The van der Waals surface area contributed by atoms with Gasteiger partial charge in [0.1, 0.15) is 18.2 Å². The van der Waals surface area contributed by atoms with Crippen LogP contribution in [0.25, 0.3) is 0 Å². The fourth-order valence-corrected chi connectivity index (χ4v) is 5.10. The standard InChI is InChI=1S/C27H49N3O6/c1-18(2)12-16-34-26(5,6)23-22(33-10)20(11-13-27(23)17-35-27)36-25(32)28-21(19(3)4)24(31)30(9)15-14-29(7)8/h12,19-23H,11,13-17H2,1-10H3,(H,28,32)/t20-,21-,22-,23-,27+/m1/s1. The SMILES string of the molecule is CO[C@H]1[C@H](C(C)(C)OCC=C(C)C)[C@]2(CC[C@H]1OC(=O)N[C@@H](C(=O)N(C)CCN(C)C)C(C)C)CO2. The van der Waals surface area contributed by atoms with E-state index in [-0.39, 0.29) is 23.3 Å². The van der Waals surface area contributed by atoms with Gasteiger partial charge >= 0.3 is 6.09 Å². The first-order valence-corrected chi connectivity index (χ1v) is 13.0. The van der Waals surface area contributed by atoms with E-state index in [1.165, 1.54) is 5.57 Å². The van der Waals surface area contributed by atoms with Gasteiger partial charge < -0.3 is 34.1 Å². The molecule has 0 radical (unpaired) electrons. The van der Waals surface area contributed by atoms with Gasteiger partial charge in [-0.05, 0) is 60.5 Å². The highest BCUT2D eigenvalue weighted by Gasteiger charge is 2.64. The number of nitrogens with zero attached hydrogens (tertiary/aromatic N) is 2. The van der Waals surface area contributed by atoms with Crippen LogP contribution in [0.5, 0.6) is 0 Å². The average Bonchev–Trinajstić information content (AvgIpc) is 3.55. The summed E-state index contributed by atoms with van der Waals surface area (Å²) >= 11 is 0. The number of likely N-dealkylation sites (N-methyl/N-ethyl adjacent to an activating group) is 2. The zero-order valence-corrected chi connectivity index (χ0v) is 24.1. The van der Waals surface area contributed by atoms with E-state index in [9.17, 15) is 9.59 Å². The molecule has 0 bridgehead atoms. The molecule has 2 amide bonds. The number of ether oxygens (including phenoxy) is 4. The average molecular weight is 512 g/mol. The molecule has 9 nitrogen and oxygen atoms in total. The minimum Gasteiger partial charge on any atom is -0.443 e. The predicted molar refractivity (Wildman–Crippen MR) is 140 cm³/mol. The van der Waals surface area contributed by atoms with Gasteiger partial charge in [-0.1, -0.05) is 25.5 Å². The number of carbonyl (C=O) groups excluding carboxylic acids is 2. The molecule has 9 heteroatoms. The van der Waals surface area contributed by atoms with Crippen LogP contribution < -0.4 is 5.32 Å². The first-order valence-electron chi connectivity index (χ1n) is 13.0. The van der Waals surface area contributed by atoms with Gasteiger partial charge in [-0.3, -0.25) is 4.79 Å². The Kier molecular flexibility index (Phi) is 10.8. The molecule has 36 heavy (non-hydrogen) atoms. The van der Waals surface area contributed by atoms with E-state index in [0.717, 1.165) is 13.0 Å². The molecule has 1 saturated carbocycles. The Bertz CT molecular complexity index is 773. The number of allylic oxidation sites excluding steroid dienone is 1. The molecule has 208 valence electrons. The maximum absolute atomic E-state index is 13.0. The smallest absolute Gasteiger partial charge is 0.408 e. The van der Waals surface area contributed by atoms with E-state index < -0.39 is 29.9 Å². The number of alkyl carbamates (subject to hydrolysis) is 1. The molecule has 0 aromatic carbocycles. The van der Waals surface area contributed by atoms with Crippen molar-refractivity contribution in [2.45, 2.75) is 83.8 Å². The summed E-state index contributed by atoms with van der Waals surface area (Å²) < 4.78 is 24.1. The minimum atomic E-state index is -0.674. The van der Waals surface area contributed by atoms with Crippen LogP contribution in [-0.2, 0) is 23.7 Å². The lowest BCUT2D eigenvalue weighted by Crippen LogP contribution is -2.59. The zero-order valence-electron chi connectivity index (χ0n) is 24.1. The van der Waals surface area contributed by atoms with Gasteiger partial charge in [-0.2, -0.15) is 0 Å². The summed E-state index contributed by atoms with van der Waals surface area (Å²) in [6, 6.07) is -0.674. The Morgan fingerprint density at radius 3 is 2.33 bits per heavy atom. The van der Waals surface area contributed by atoms with Crippen molar-refractivity contribution in [1.82, 2.24) is 15.1 Å². The van der Waals surface area contributed by atoms with Crippen molar-refractivity contribution in [3.05, 3.63) is 11.6 Å². The van der Waals surface area contributed by atoms with Gasteiger partial charge in [0.2, 0.25) is 5.91 Å². The van der Waals surface area contributed by atoms with E-state index in [1.54, 1.807) is 19.1 Å². The Morgan fingerprint density at radius 1 is 1.19 bits per heavy atom. The third-order valence-electron chi connectivity index (χ3n) is 7.32. The lowest BCUT2D eigenvalue weighted by Gasteiger charge is -2.47. The van der Waals surface area contributed by atoms with Crippen LogP contribution in [0.15, 0.2) is 11.6 Å². The molecular weight excluding hydrogens is 462 g/mol. The Labute approximate surface area is 217 Å². The van der Waals surface area contributed by atoms with Gasteiger partial charge in [0.15, 0.2) is 0 Å². The van der Waals surface area contributed by atoms with Crippen molar-refractivity contribution in [3.8, 4) is 0 Å². The molecule has 2 fully saturated rings. The summed E-state index contributed by atoms with van der Waals surface area (Å²) in [5.41, 5.74) is 0.305. The summed E-state index contributed by atoms with van der Waals surface area (Å²) in [4.78, 5) is 29.7. The van der Waals surface area contributed by atoms with Crippen LogP contribution in [0, 0.1) is 11.8 Å². The van der Waals surface area contributed by atoms with Crippen LogP contribution in [0.3, 0.4) is 0 Å². The molecule has 0 aromatic heterocycles. The van der Waals surface area contributed by atoms with E-state index in [1.807, 2.05) is 66.6 Å². The number of epoxide rings is 1. The lowest BCUT2D eigenvalue weighted by atomic mass is 9.68. The van der Waals surface area contributed by atoms with Gasteiger partial charge in [-0.15, -0.1) is 0 Å². The molecule has 1 N–H and O–H groups in total. The van der Waals surface area contributed by atoms with E-state index in [0.29, 0.717) is 26.2 Å². The first kappa shape index (κ1) is 30.5. The van der Waals surface area contributed by atoms with Crippen molar-refractivity contribution < 1.29 is 28.5 Å². The van der Waals surface area contributed by atoms with Gasteiger partial charge in [-0.25, -0.2) is 4.79 Å². The van der Waals surface area contributed by atoms with Gasteiger partial charge in [0, 0.05) is 33.2 Å². The fourth-order valence-electron chi connectivity index (χ4n) is 5.10. The van der Waals surface area contributed by atoms with Crippen molar-refractivity contribution in [2.75, 3.05) is 54.6 Å². The molecule has 1 aliphatic carbocycles. The molecule has 2 aliphatic rings. The third kappa shape index (κ3) is 7.91. The molecule has 1 saturated heterocycles. The van der Waals surface area contributed by atoms with Crippen molar-refractivity contribution in [3.63, 3.8) is 0 Å². The van der Waals surface area contributed by atoms with E-state index in [2.05, 4.69) is 5.32 Å². The molecule has 1 aliphatic heterocycles. The van der Waals surface area contributed by atoms with Gasteiger partial charge in [0.25, 0.3) is 0 Å². The highest BCUT2D eigenvalue weighted by Crippen LogP contribution is 2.52. The number of methoxy groups -OCH3 is 1. The maximum Gasteiger partial charge on any atom is 0.408 e. The second kappa shape index (κ2) is 12.7. The van der Waals surface area contributed by atoms with Crippen LogP contribution in [0.4, 0.5) is 4.79 Å². The summed E-state index contributed by atoms with van der Waals surface area (Å²) in [6.45, 7) is 14.5. The number of rotatable bonds is 12. The van der Waals surface area contributed by atoms with Crippen molar-refractivity contribution in [2.24, 2.45) is 11.8 Å². The molecule has 5 atom stereocenters. The minimum absolute atomic E-state index is 0.0882. The summed E-state index contributed by atoms with van der Waals surface area (Å²) in [5, 5.41) is 2.82. The molecular formula is C27H49N3O6. The monoisotopic (exact) mass is 511 g/mol. The Hall–Kier alpha value is -1.68. The summed E-state index contributed by atoms with van der Waals surface area (Å²) in [7, 11) is 7.32. The second-order valence-corrected chi connectivity index (χ2v) is 11.6. The number of hydrogen-bond acceptors (Lipinski definition) is 7. The number of carbonyl (C=O) groups is 2. The molecule has 0 unspecified atom stereocenters. The maximum atomic E-state index is 13.0. The third-order valence-corrected chi connectivity index (χ3v) is 7.32. The Balaban J connectivity index is 2.11. The summed E-state index contributed by atoms with van der Waals surface area (Å²) in [6.07, 6.45) is 1.94. The quantitative estimate of drug-likeness (QED) is 0.318. The molecule has 1 heterocycles.